The number of carbonyl (C=O) groups excluding carboxylic acids is 1. The van der Waals surface area contributed by atoms with Crippen LogP contribution in [-0.2, 0) is 4.79 Å². The number of anilines is 3. The largest absolute Gasteiger partial charge is 0.457 e. The van der Waals surface area contributed by atoms with Gasteiger partial charge in [0.05, 0.1) is 11.1 Å². The minimum atomic E-state index is -0.114. The monoisotopic (exact) mass is 533 g/mol. The highest BCUT2D eigenvalue weighted by Gasteiger charge is 2.52. The topological polar surface area (TPSA) is 114 Å². The molecule has 1 spiro atoms. The number of piperazine rings is 1. The van der Waals surface area contributed by atoms with Crippen LogP contribution in [-0.4, -0.2) is 65.5 Å². The van der Waals surface area contributed by atoms with E-state index in [1.54, 1.807) is 4.52 Å². The number of carbonyl (C=O) groups is 1. The van der Waals surface area contributed by atoms with Crippen molar-refractivity contribution in [3.63, 3.8) is 0 Å². The van der Waals surface area contributed by atoms with E-state index in [-0.39, 0.29) is 11.4 Å². The molecule has 2 aliphatic rings. The number of fused-ring (bicyclic) bond motifs is 2. The Kier molecular flexibility index (Phi) is 5.58. The molecule has 2 fully saturated rings. The second-order valence-corrected chi connectivity index (χ2v) is 10.2. The zero-order valence-corrected chi connectivity index (χ0v) is 22.0. The minimum Gasteiger partial charge on any atom is -0.457 e. The number of aromatic nitrogens is 6. The molecule has 1 saturated heterocycles. The molecule has 0 atom stereocenters. The van der Waals surface area contributed by atoms with Gasteiger partial charge in [-0.2, -0.15) is 5.10 Å². The molecule has 200 valence electrons. The average Bonchev–Trinajstić information content (AvgIpc) is 3.56. The van der Waals surface area contributed by atoms with E-state index in [1.807, 2.05) is 60.5 Å². The van der Waals surface area contributed by atoms with Gasteiger partial charge in [0.15, 0.2) is 11.5 Å². The van der Waals surface area contributed by atoms with Crippen molar-refractivity contribution in [1.29, 1.82) is 0 Å². The molecule has 11 heteroatoms. The highest BCUT2D eigenvalue weighted by atomic mass is 16.5. The SMILES string of the molecule is C=CC(=O)N1CCN(c2ccc3ncnc(Nc4ccc(Oc5ccn6ncnc6c5)c(C)c4)c3n2)CC12CC2. The highest BCUT2D eigenvalue weighted by Crippen LogP contribution is 2.45. The van der Waals surface area contributed by atoms with Gasteiger partial charge >= 0.3 is 0 Å². The Morgan fingerprint density at radius 2 is 1.98 bits per heavy atom. The van der Waals surface area contributed by atoms with Crippen LogP contribution in [0.15, 0.2) is 74.0 Å². The van der Waals surface area contributed by atoms with Gasteiger partial charge in [0.2, 0.25) is 5.91 Å². The molecular weight excluding hydrogens is 506 g/mol. The second-order valence-electron chi connectivity index (χ2n) is 10.2. The summed E-state index contributed by atoms with van der Waals surface area (Å²) in [5, 5.41) is 7.53. The Bertz CT molecular complexity index is 1780. The van der Waals surface area contributed by atoms with E-state index in [1.165, 1.54) is 18.7 Å². The number of ether oxygens (including phenoxy) is 1. The molecule has 1 N–H and O–H groups in total. The van der Waals surface area contributed by atoms with Gasteiger partial charge in [-0.1, -0.05) is 6.58 Å². The molecule has 0 radical (unpaired) electrons. The predicted octanol–water partition coefficient (Wildman–Crippen LogP) is 4.28. The van der Waals surface area contributed by atoms with Crippen LogP contribution in [0, 0.1) is 6.92 Å². The van der Waals surface area contributed by atoms with Crippen LogP contribution in [0.5, 0.6) is 11.5 Å². The minimum absolute atomic E-state index is 0.00612. The molecule has 1 saturated carbocycles. The third-order valence-electron chi connectivity index (χ3n) is 7.63. The number of rotatable bonds is 6. The number of aryl methyl sites for hydroxylation is 1. The van der Waals surface area contributed by atoms with Crippen molar-refractivity contribution in [1.82, 2.24) is 34.4 Å². The normalized spacial score (nSPS) is 15.9. The Labute approximate surface area is 230 Å². The van der Waals surface area contributed by atoms with Crippen LogP contribution in [0.4, 0.5) is 17.3 Å². The van der Waals surface area contributed by atoms with Gasteiger partial charge in [-0.3, -0.25) is 4.79 Å². The van der Waals surface area contributed by atoms with Gasteiger partial charge in [-0.05, 0) is 67.8 Å². The lowest BCUT2D eigenvalue weighted by Gasteiger charge is -2.42. The molecule has 11 nitrogen and oxygen atoms in total. The number of amides is 1. The molecule has 40 heavy (non-hydrogen) atoms. The van der Waals surface area contributed by atoms with Gasteiger partial charge in [-0.15, -0.1) is 0 Å². The number of nitrogens with zero attached hydrogens (tertiary/aromatic N) is 8. The first-order valence-corrected chi connectivity index (χ1v) is 13.2. The summed E-state index contributed by atoms with van der Waals surface area (Å²) in [5.74, 6) is 2.91. The summed E-state index contributed by atoms with van der Waals surface area (Å²) >= 11 is 0. The first-order valence-electron chi connectivity index (χ1n) is 13.2. The number of hydrogen-bond donors (Lipinski definition) is 1. The van der Waals surface area contributed by atoms with E-state index >= 15 is 0 Å². The fraction of sp³-hybridized carbons (Fsp3) is 0.241. The molecule has 5 heterocycles. The molecule has 1 amide bonds. The quantitative estimate of drug-likeness (QED) is 0.320. The van der Waals surface area contributed by atoms with E-state index in [2.05, 4.69) is 36.8 Å². The van der Waals surface area contributed by atoms with Crippen molar-refractivity contribution in [3.8, 4) is 11.5 Å². The maximum absolute atomic E-state index is 12.4. The molecule has 0 unspecified atom stereocenters. The van der Waals surface area contributed by atoms with Gasteiger partial charge in [0.25, 0.3) is 0 Å². The van der Waals surface area contributed by atoms with Crippen LogP contribution in [0.25, 0.3) is 16.7 Å². The Morgan fingerprint density at radius 3 is 2.80 bits per heavy atom. The lowest BCUT2D eigenvalue weighted by atomic mass is 10.1. The number of hydrogen-bond acceptors (Lipinski definition) is 9. The van der Waals surface area contributed by atoms with Crippen molar-refractivity contribution in [2.75, 3.05) is 29.9 Å². The molecule has 1 aromatic carbocycles. The lowest BCUT2D eigenvalue weighted by Crippen LogP contribution is -2.57. The van der Waals surface area contributed by atoms with E-state index in [0.717, 1.165) is 53.4 Å². The van der Waals surface area contributed by atoms with Crippen molar-refractivity contribution >= 4 is 39.9 Å². The number of pyridine rings is 2. The summed E-state index contributed by atoms with van der Waals surface area (Å²) in [5.41, 5.74) is 3.86. The Morgan fingerprint density at radius 1 is 1.07 bits per heavy atom. The summed E-state index contributed by atoms with van der Waals surface area (Å²) in [6.07, 6.45) is 8.28. The molecule has 1 aliphatic heterocycles. The Hall–Kier alpha value is -5.06. The maximum Gasteiger partial charge on any atom is 0.246 e. The molecule has 4 aromatic heterocycles. The van der Waals surface area contributed by atoms with Gasteiger partial charge in [0, 0.05) is 37.6 Å². The number of benzene rings is 1. The molecular formula is C29H27N9O2. The first kappa shape index (κ1) is 24.0. The van der Waals surface area contributed by atoms with Crippen LogP contribution in [0.1, 0.15) is 18.4 Å². The van der Waals surface area contributed by atoms with Gasteiger partial charge < -0.3 is 19.9 Å². The van der Waals surface area contributed by atoms with Crippen LogP contribution < -0.4 is 15.0 Å². The molecule has 1 aliphatic carbocycles. The van der Waals surface area contributed by atoms with Crippen LogP contribution in [0.2, 0.25) is 0 Å². The summed E-state index contributed by atoms with van der Waals surface area (Å²) in [4.78, 5) is 34.7. The lowest BCUT2D eigenvalue weighted by molar-refractivity contribution is -0.129. The summed E-state index contributed by atoms with van der Waals surface area (Å²) < 4.78 is 7.80. The standard InChI is InChI=1S/C29H27N9O2/c1-3-26(39)37-13-12-36(16-29(37)9-10-29)24-7-5-22-27(35-24)28(32-17-30-22)34-20-4-6-23(19(2)14-20)40-21-8-11-38-25(15-21)31-18-33-38/h3-8,11,14-15,17-18H,1,9-10,12-13,16H2,2H3,(H,30,32,34). The fourth-order valence-corrected chi connectivity index (χ4v) is 5.36. The average molecular weight is 534 g/mol. The Balaban J connectivity index is 1.12. The fourth-order valence-electron chi connectivity index (χ4n) is 5.36. The summed E-state index contributed by atoms with van der Waals surface area (Å²) in [6, 6.07) is 13.5. The molecule has 7 rings (SSSR count). The van der Waals surface area contributed by atoms with Crippen molar-refractivity contribution in [3.05, 3.63) is 79.5 Å². The second kappa shape index (κ2) is 9.30. The van der Waals surface area contributed by atoms with Crippen LogP contribution in [0.3, 0.4) is 0 Å². The van der Waals surface area contributed by atoms with Gasteiger partial charge in [0.1, 0.15) is 35.5 Å². The molecule has 0 bridgehead atoms. The van der Waals surface area contributed by atoms with Gasteiger partial charge in [-0.25, -0.2) is 24.5 Å². The van der Waals surface area contributed by atoms with E-state index < -0.39 is 0 Å². The third kappa shape index (κ3) is 4.25. The van der Waals surface area contributed by atoms with E-state index in [0.29, 0.717) is 30.2 Å². The zero-order chi connectivity index (χ0) is 27.3. The highest BCUT2D eigenvalue weighted by molar-refractivity contribution is 5.89. The predicted molar refractivity (Wildman–Crippen MR) is 151 cm³/mol. The van der Waals surface area contributed by atoms with Crippen molar-refractivity contribution < 1.29 is 9.53 Å². The summed E-state index contributed by atoms with van der Waals surface area (Å²) in [6.45, 7) is 7.79. The maximum atomic E-state index is 12.4. The van der Waals surface area contributed by atoms with E-state index in [4.69, 9.17) is 9.72 Å². The van der Waals surface area contributed by atoms with Crippen molar-refractivity contribution in [2.24, 2.45) is 0 Å². The zero-order valence-electron chi connectivity index (χ0n) is 22.0. The molecule has 5 aromatic rings. The van der Waals surface area contributed by atoms with Crippen molar-refractivity contribution in [2.45, 2.75) is 25.3 Å². The van der Waals surface area contributed by atoms with E-state index in [9.17, 15) is 4.79 Å². The first-order chi connectivity index (χ1) is 19.5. The third-order valence-corrected chi connectivity index (χ3v) is 7.63. The summed E-state index contributed by atoms with van der Waals surface area (Å²) in [7, 11) is 0. The smallest absolute Gasteiger partial charge is 0.246 e. The van der Waals surface area contributed by atoms with Crippen LogP contribution >= 0.6 is 0 Å². The number of nitrogens with one attached hydrogen (secondary N) is 1.